The van der Waals surface area contributed by atoms with Gasteiger partial charge < -0.3 is 10.8 Å². The molecule has 0 aliphatic carbocycles. The molecule has 0 aromatic heterocycles. The van der Waals surface area contributed by atoms with Gasteiger partial charge in [0.25, 0.3) is 0 Å². The maximum absolute atomic E-state index is 10.0. The zero-order chi connectivity index (χ0) is 14.6. The van der Waals surface area contributed by atoms with Crippen LogP contribution < -0.4 is 5.73 Å². The molecule has 0 bridgehead atoms. The number of nitrogens with zero attached hydrogens (tertiary/aromatic N) is 1. The maximum Gasteiger partial charge on any atom is 0.0718 e. The fourth-order valence-corrected chi connectivity index (χ4v) is 2.61. The number of rotatable bonds is 6. The minimum atomic E-state index is -0.718. The van der Waals surface area contributed by atoms with E-state index < -0.39 is 5.60 Å². The molecule has 0 fully saturated rings. The first-order chi connectivity index (χ1) is 8.74. The Labute approximate surface area is 117 Å². The summed E-state index contributed by atoms with van der Waals surface area (Å²) in [6.45, 7) is 8.45. The summed E-state index contributed by atoms with van der Waals surface area (Å²) in [6, 6.07) is 8.66. The summed E-state index contributed by atoms with van der Waals surface area (Å²) < 4.78 is 0. The van der Waals surface area contributed by atoms with Crippen LogP contribution in [-0.4, -0.2) is 35.2 Å². The Kier molecular flexibility index (Phi) is 5.53. The third-order valence-corrected chi connectivity index (χ3v) is 3.37. The standard InChI is InChI=1S/C16H28N2O/c1-6-14(17)15(18(5)11-16(3,4)19)13-9-7-8-12(2)10-13/h7-10,14-15,19H,6,11,17H2,1-5H3. The van der Waals surface area contributed by atoms with Gasteiger partial charge in [-0.25, -0.2) is 0 Å². The van der Waals surface area contributed by atoms with Crippen molar-refractivity contribution in [3.63, 3.8) is 0 Å². The van der Waals surface area contributed by atoms with E-state index in [0.717, 1.165) is 6.42 Å². The highest BCUT2D eigenvalue weighted by Gasteiger charge is 2.27. The summed E-state index contributed by atoms with van der Waals surface area (Å²) in [7, 11) is 2.03. The lowest BCUT2D eigenvalue weighted by molar-refractivity contribution is 0.0266. The first-order valence-electron chi connectivity index (χ1n) is 6.99. The van der Waals surface area contributed by atoms with Gasteiger partial charge >= 0.3 is 0 Å². The van der Waals surface area contributed by atoms with E-state index in [0.29, 0.717) is 6.54 Å². The van der Waals surface area contributed by atoms with Crippen LogP contribution in [0.3, 0.4) is 0 Å². The van der Waals surface area contributed by atoms with Gasteiger partial charge in [-0.1, -0.05) is 36.8 Å². The van der Waals surface area contributed by atoms with Gasteiger partial charge in [-0.2, -0.15) is 0 Å². The number of aryl methyl sites for hydroxylation is 1. The molecule has 1 aromatic carbocycles. The van der Waals surface area contributed by atoms with Gasteiger partial charge in [0.15, 0.2) is 0 Å². The lowest BCUT2D eigenvalue weighted by Gasteiger charge is -2.36. The van der Waals surface area contributed by atoms with Crippen molar-refractivity contribution >= 4 is 0 Å². The second-order valence-electron chi connectivity index (χ2n) is 6.16. The minimum absolute atomic E-state index is 0.0640. The molecule has 19 heavy (non-hydrogen) atoms. The van der Waals surface area contributed by atoms with Gasteiger partial charge in [-0.15, -0.1) is 0 Å². The van der Waals surface area contributed by atoms with Crippen LogP contribution in [0.2, 0.25) is 0 Å². The third-order valence-electron chi connectivity index (χ3n) is 3.37. The van der Waals surface area contributed by atoms with Gasteiger partial charge in [0.2, 0.25) is 0 Å². The van der Waals surface area contributed by atoms with Gasteiger partial charge in [0.1, 0.15) is 0 Å². The van der Waals surface area contributed by atoms with Crippen LogP contribution in [0.25, 0.3) is 0 Å². The zero-order valence-electron chi connectivity index (χ0n) is 12.9. The van der Waals surface area contributed by atoms with Crippen LogP contribution in [0.15, 0.2) is 24.3 Å². The normalized spacial score (nSPS) is 15.6. The molecule has 0 amide bonds. The van der Waals surface area contributed by atoms with E-state index in [1.54, 1.807) is 0 Å². The predicted molar refractivity (Wildman–Crippen MR) is 81.1 cm³/mol. The highest BCUT2D eigenvalue weighted by atomic mass is 16.3. The fraction of sp³-hybridized carbons (Fsp3) is 0.625. The molecule has 1 aromatic rings. The van der Waals surface area contributed by atoms with E-state index in [2.05, 4.69) is 43.0 Å². The Hall–Kier alpha value is -0.900. The number of benzene rings is 1. The molecule has 0 spiro atoms. The maximum atomic E-state index is 10.0. The van der Waals surface area contributed by atoms with Crippen LogP contribution in [-0.2, 0) is 0 Å². The lowest BCUT2D eigenvalue weighted by Crippen LogP contribution is -2.44. The number of hydrogen-bond acceptors (Lipinski definition) is 3. The Bertz CT molecular complexity index is 398. The fourth-order valence-electron chi connectivity index (χ4n) is 2.61. The Balaban J connectivity index is 3.01. The molecule has 2 atom stereocenters. The summed E-state index contributed by atoms with van der Waals surface area (Å²) in [5.74, 6) is 0. The van der Waals surface area contributed by atoms with Crippen molar-refractivity contribution < 1.29 is 5.11 Å². The molecule has 2 unspecified atom stereocenters. The Morgan fingerprint density at radius 1 is 1.37 bits per heavy atom. The summed E-state index contributed by atoms with van der Waals surface area (Å²) in [4.78, 5) is 2.16. The molecule has 0 aliphatic heterocycles. The highest BCUT2D eigenvalue weighted by molar-refractivity contribution is 5.26. The highest BCUT2D eigenvalue weighted by Crippen LogP contribution is 2.26. The minimum Gasteiger partial charge on any atom is -0.389 e. The number of likely N-dealkylation sites (N-methyl/N-ethyl adjacent to an activating group) is 1. The van der Waals surface area contributed by atoms with Crippen molar-refractivity contribution in [3.05, 3.63) is 35.4 Å². The van der Waals surface area contributed by atoms with Crippen molar-refractivity contribution in [2.75, 3.05) is 13.6 Å². The van der Waals surface area contributed by atoms with Crippen molar-refractivity contribution in [2.24, 2.45) is 5.73 Å². The molecule has 0 aliphatic rings. The van der Waals surface area contributed by atoms with Gasteiger partial charge in [-0.05, 0) is 39.8 Å². The number of aliphatic hydroxyl groups is 1. The molecule has 3 N–H and O–H groups in total. The van der Waals surface area contributed by atoms with E-state index in [4.69, 9.17) is 5.73 Å². The largest absolute Gasteiger partial charge is 0.389 e. The van der Waals surface area contributed by atoms with E-state index in [1.165, 1.54) is 11.1 Å². The van der Waals surface area contributed by atoms with Crippen LogP contribution in [0.1, 0.15) is 44.4 Å². The van der Waals surface area contributed by atoms with Gasteiger partial charge in [-0.3, -0.25) is 4.90 Å². The first kappa shape index (κ1) is 16.2. The SMILES string of the molecule is CCC(N)C(c1cccc(C)c1)N(C)CC(C)(C)O. The summed E-state index contributed by atoms with van der Waals surface area (Å²) >= 11 is 0. The van der Waals surface area contributed by atoms with Crippen molar-refractivity contribution in [1.82, 2.24) is 4.90 Å². The Morgan fingerprint density at radius 2 is 2.00 bits per heavy atom. The second kappa shape index (κ2) is 6.51. The average Bonchev–Trinajstić information content (AvgIpc) is 2.26. The van der Waals surface area contributed by atoms with E-state index in [-0.39, 0.29) is 12.1 Å². The average molecular weight is 264 g/mol. The smallest absolute Gasteiger partial charge is 0.0718 e. The van der Waals surface area contributed by atoms with E-state index in [9.17, 15) is 5.11 Å². The van der Waals surface area contributed by atoms with E-state index in [1.807, 2.05) is 20.9 Å². The third kappa shape index (κ3) is 4.94. The molecule has 3 heteroatoms. The van der Waals surface area contributed by atoms with Crippen LogP contribution in [0, 0.1) is 6.92 Å². The number of hydrogen-bond donors (Lipinski definition) is 2. The van der Waals surface area contributed by atoms with Crippen LogP contribution in [0.5, 0.6) is 0 Å². The monoisotopic (exact) mass is 264 g/mol. The molecular formula is C16H28N2O. The molecule has 0 heterocycles. The lowest BCUT2D eigenvalue weighted by atomic mass is 9.94. The number of nitrogens with two attached hydrogens (primary N) is 1. The van der Waals surface area contributed by atoms with E-state index >= 15 is 0 Å². The molecule has 108 valence electrons. The first-order valence-corrected chi connectivity index (χ1v) is 6.99. The Morgan fingerprint density at radius 3 is 2.47 bits per heavy atom. The predicted octanol–water partition coefficient (Wildman–Crippen LogP) is 2.48. The van der Waals surface area contributed by atoms with Crippen LogP contribution >= 0.6 is 0 Å². The summed E-state index contributed by atoms with van der Waals surface area (Å²) in [5, 5.41) is 10.0. The van der Waals surface area contributed by atoms with Gasteiger partial charge in [0.05, 0.1) is 5.60 Å². The van der Waals surface area contributed by atoms with Crippen molar-refractivity contribution in [2.45, 2.75) is 51.8 Å². The summed E-state index contributed by atoms with van der Waals surface area (Å²) in [5.41, 5.74) is 8.04. The molecule has 3 nitrogen and oxygen atoms in total. The van der Waals surface area contributed by atoms with Crippen molar-refractivity contribution in [3.8, 4) is 0 Å². The van der Waals surface area contributed by atoms with Gasteiger partial charge in [0, 0.05) is 18.6 Å². The van der Waals surface area contributed by atoms with Crippen molar-refractivity contribution in [1.29, 1.82) is 0 Å². The summed E-state index contributed by atoms with van der Waals surface area (Å²) in [6.07, 6.45) is 0.912. The zero-order valence-corrected chi connectivity index (χ0v) is 12.9. The molecule has 1 rings (SSSR count). The molecular weight excluding hydrogens is 236 g/mol. The van der Waals surface area contributed by atoms with Crippen LogP contribution in [0.4, 0.5) is 0 Å². The quantitative estimate of drug-likeness (QED) is 0.830. The topological polar surface area (TPSA) is 49.5 Å². The molecule has 0 saturated carbocycles. The molecule has 0 radical (unpaired) electrons. The molecule has 0 saturated heterocycles. The second-order valence-corrected chi connectivity index (χ2v) is 6.16.